The summed E-state index contributed by atoms with van der Waals surface area (Å²) in [4.78, 5) is 0. The molecule has 4 heteroatoms. The van der Waals surface area contributed by atoms with Crippen LogP contribution in [-0.2, 0) is 0 Å². The van der Waals surface area contributed by atoms with E-state index >= 15 is 0 Å². The summed E-state index contributed by atoms with van der Waals surface area (Å²) in [5.74, 6) is 0. The second kappa shape index (κ2) is 19.2. The Morgan fingerprint density at radius 1 is 1.00 bits per heavy atom. The molecule has 0 saturated carbocycles. The van der Waals surface area contributed by atoms with Crippen molar-refractivity contribution >= 4 is 65.0 Å². The minimum absolute atomic E-state index is 0. The Morgan fingerprint density at radius 3 is 1.00 bits per heavy atom. The molecule has 0 heterocycles. The molecule has 0 nitrogen and oxygen atoms in total. The first-order chi connectivity index (χ1) is 0. The first-order valence-electron chi connectivity index (χ1n) is 0. The van der Waals surface area contributed by atoms with Crippen LogP contribution in [0.3, 0.4) is 0 Å². The van der Waals surface area contributed by atoms with Gasteiger partial charge < -0.3 is 27.9 Å². The van der Waals surface area contributed by atoms with Gasteiger partial charge in [0.2, 0.25) is 0 Å². The van der Waals surface area contributed by atoms with E-state index in [1.54, 1.807) is 0 Å². The molecule has 0 aromatic heterocycles. The molecule has 0 N–H and O–H groups in total. The Kier molecular flexibility index (Phi) is 168. The Bertz CT molecular complexity index is 8.00. The van der Waals surface area contributed by atoms with Gasteiger partial charge in [-0.3, -0.25) is 0 Å². The van der Waals surface area contributed by atoms with Crippen LogP contribution >= 0.6 is 9.90 Å². The zero-order valence-corrected chi connectivity index (χ0v) is 8.40. The molecular formula is AlAsGaP. The van der Waals surface area contributed by atoms with Crippen LogP contribution in [0.1, 0.15) is 0 Å². The van der Waals surface area contributed by atoms with E-state index in [-0.39, 0.29) is 65.0 Å². The van der Waals surface area contributed by atoms with Crippen molar-refractivity contribution in [3.8, 4) is 0 Å². The van der Waals surface area contributed by atoms with Crippen LogP contribution in [0.25, 0.3) is 0 Å². The molecule has 0 unspecified atom stereocenters. The van der Waals surface area contributed by atoms with Crippen LogP contribution in [0.5, 0.6) is 0 Å². The fraction of sp³-hybridized carbons (Fsp3) is 0. The third-order valence-corrected chi connectivity index (χ3v) is 0. The summed E-state index contributed by atoms with van der Waals surface area (Å²) >= 11 is 0. The van der Waals surface area contributed by atoms with Gasteiger partial charge >= 0.3 is 37.2 Å². The predicted molar refractivity (Wildman–Crippen MR) is 24.2 cm³/mol. The summed E-state index contributed by atoms with van der Waals surface area (Å²) in [5, 5.41) is 0. The molecule has 0 spiro atoms. The van der Waals surface area contributed by atoms with E-state index in [1.807, 2.05) is 0 Å². The predicted octanol–water partition coefficient (Wildman–Crippen LogP) is -0.281. The molecule has 0 aromatic carbocycles. The topological polar surface area (TPSA) is 0 Å². The van der Waals surface area contributed by atoms with Crippen LogP contribution in [-0.4, -0.2) is 55.1 Å². The fourth-order valence-corrected chi connectivity index (χ4v) is 0. The largest absolute Gasteiger partial charge is 3.00 e. The Hall–Kier alpha value is 2.16. The van der Waals surface area contributed by atoms with Crippen LogP contribution < -0.4 is 0 Å². The van der Waals surface area contributed by atoms with E-state index < -0.39 is 0 Å². The molecule has 4 heavy (non-hydrogen) atoms. The minimum atomic E-state index is 0. The van der Waals surface area contributed by atoms with Crippen molar-refractivity contribution < 1.29 is 0 Å². The normalized spacial score (nSPS) is 0. The van der Waals surface area contributed by atoms with Gasteiger partial charge in [-0.15, -0.1) is 0 Å². The molecule has 0 atom stereocenters. The van der Waals surface area contributed by atoms with Gasteiger partial charge in [-0.05, 0) is 0 Å². The van der Waals surface area contributed by atoms with Gasteiger partial charge in [0.05, 0.1) is 0 Å². The van der Waals surface area contributed by atoms with Crippen molar-refractivity contribution in [1.82, 2.24) is 0 Å². The fourth-order valence-electron chi connectivity index (χ4n) is 0. The maximum atomic E-state index is 0. The zero-order valence-electron chi connectivity index (χ0n) is 2.05. The van der Waals surface area contributed by atoms with Crippen molar-refractivity contribution in [1.29, 1.82) is 0 Å². The first-order valence-corrected chi connectivity index (χ1v) is 0. The van der Waals surface area contributed by atoms with Gasteiger partial charge in [0.15, 0.2) is 0 Å². The molecular weight excluding hydrogens is 203 g/mol. The summed E-state index contributed by atoms with van der Waals surface area (Å²) < 4.78 is 0. The average Bonchev–Trinajstić information content (AvgIpc) is 0. The van der Waals surface area contributed by atoms with Gasteiger partial charge in [-0.2, -0.15) is 0 Å². The van der Waals surface area contributed by atoms with Gasteiger partial charge in [-0.25, -0.2) is 0 Å². The van der Waals surface area contributed by atoms with Gasteiger partial charge in [0, 0.05) is 0 Å². The average molecular weight is 203 g/mol. The molecule has 0 rings (SSSR count). The van der Waals surface area contributed by atoms with Crippen molar-refractivity contribution in [2.75, 3.05) is 0 Å². The minimum Gasteiger partial charge on any atom is -3.00 e. The molecule has 0 saturated heterocycles. The van der Waals surface area contributed by atoms with Crippen LogP contribution in [0.15, 0.2) is 0 Å². The van der Waals surface area contributed by atoms with E-state index in [9.17, 15) is 0 Å². The molecule has 0 radical (unpaired) electrons. The summed E-state index contributed by atoms with van der Waals surface area (Å²) in [6.45, 7) is 0. The quantitative estimate of drug-likeness (QED) is 0.375. The monoisotopic (exact) mass is 202 g/mol. The summed E-state index contributed by atoms with van der Waals surface area (Å²) in [7, 11) is 0. The van der Waals surface area contributed by atoms with Crippen molar-refractivity contribution in [2.45, 2.75) is 0 Å². The second-order valence-corrected chi connectivity index (χ2v) is 0. The summed E-state index contributed by atoms with van der Waals surface area (Å²) in [6.07, 6.45) is 0. The van der Waals surface area contributed by atoms with E-state index in [2.05, 4.69) is 0 Å². The molecule has 0 aromatic rings. The summed E-state index contributed by atoms with van der Waals surface area (Å²) in [5.41, 5.74) is 0. The third-order valence-electron chi connectivity index (χ3n) is 0. The maximum absolute atomic E-state index is 0. The number of hydrogen-bond acceptors (Lipinski definition) is 0. The smallest absolute Gasteiger partial charge is 3.00 e. The zero-order chi connectivity index (χ0) is 0. The van der Waals surface area contributed by atoms with Gasteiger partial charge in [0.1, 0.15) is 0 Å². The SMILES string of the molecule is [Al+3].[As-3].[Ga+3].[P-3]. The van der Waals surface area contributed by atoms with E-state index in [0.717, 1.165) is 0 Å². The van der Waals surface area contributed by atoms with Crippen LogP contribution in [0.4, 0.5) is 0 Å². The first kappa shape index (κ1) is 35.2. The Labute approximate surface area is 64.6 Å². The van der Waals surface area contributed by atoms with Crippen LogP contribution in [0, 0.1) is 0 Å². The van der Waals surface area contributed by atoms with E-state index in [0.29, 0.717) is 0 Å². The standard InChI is InChI=1S/Al.As.Ga.P/q+3;-3;+3;-3. The van der Waals surface area contributed by atoms with Gasteiger partial charge in [0.25, 0.3) is 0 Å². The molecule has 0 fully saturated rings. The molecule has 0 amide bonds. The van der Waals surface area contributed by atoms with E-state index in [1.165, 1.54) is 0 Å². The van der Waals surface area contributed by atoms with Gasteiger partial charge in [-0.1, -0.05) is 0 Å². The van der Waals surface area contributed by atoms with Crippen molar-refractivity contribution in [3.63, 3.8) is 0 Å². The van der Waals surface area contributed by atoms with Crippen LogP contribution in [0.2, 0.25) is 0 Å². The molecule has 0 aliphatic carbocycles. The third kappa shape index (κ3) is 8.90. The Morgan fingerprint density at radius 2 is 1.00 bits per heavy atom. The number of rotatable bonds is 0. The molecule has 0 bridgehead atoms. The van der Waals surface area contributed by atoms with Crippen molar-refractivity contribution in [2.24, 2.45) is 0 Å². The van der Waals surface area contributed by atoms with E-state index in [4.69, 9.17) is 0 Å². The maximum Gasteiger partial charge on any atom is 3.00 e. The summed E-state index contributed by atoms with van der Waals surface area (Å²) in [6, 6.07) is 0. The Balaban J connectivity index is 0. The molecule has 0 aliphatic heterocycles. The molecule has 0 aliphatic rings. The van der Waals surface area contributed by atoms with Crippen molar-refractivity contribution in [3.05, 3.63) is 0 Å². The number of hydrogen-bond donors (Lipinski definition) is 0. The second-order valence-electron chi connectivity index (χ2n) is 0. The molecule has 16 valence electrons.